The fourth-order valence-corrected chi connectivity index (χ4v) is 4.76. The van der Waals surface area contributed by atoms with E-state index in [1.165, 1.54) is 24.1 Å². The van der Waals surface area contributed by atoms with Crippen molar-refractivity contribution in [2.45, 2.75) is 76.9 Å². The molecule has 1 saturated heterocycles. The van der Waals surface area contributed by atoms with Gasteiger partial charge in [-0.05, 0) is 44.4 Å². The zero-order valence-electron chi connectivity index (χ0n) is 15.3. The van der Waals surface area contributed by atoms with Crippen LogP contribution in [0.2, 0.25) is 0 Å². The quantitative estimate of drug-likeness (QED) is 0.903. The highest BCUT2D eigenvalue weighted by Crippen LogP contribution is 2.44. The van der Waals surface area contributed by atoms with E-state index in [-0.39, 0.29) is 11.7 Å². The van der Waals surface area contributed by atoms with Gasteiger partial charge in [-0.15, -0.1) is 0 Å². The summed E-state index contributed by atoms with van der Waals surface area (Å²) in [7, 11) is 2.04. The predicted octanol–water partition coefficient (Wildman–Crippen LogP) is 2.70. The molecule has 1 unspecified atom stereocenters. The summed E-state index contributed by atoms with van der Waals surface area (Å²) in [6.45, 7) is 5.27. The van der Waals surface area contributed by atoms with Crippen LogP contribution in [-0.4, -0.2) is 32.7 Å². The summed E-state index contributed by atoms with van der Waals surface area (Å²) in [5, 5.41) is 8.55. The van der Waals surface area contributed by atoms with Crippen LogP contribution >= 0.6 is 0 Å². The highest BCUT2D eigenvalue weighted by Gasteiger charge is 2.54. The Kier molecular flexibility index (Phi) is 3.94. The number of amides is 1. The average Bonchev–Trinajstić information content (AvgIpc) is 3.07. The number of nitrogens with one attached hydrogen (secondary N) is 1. The summed E-state index contributed by atoms with van der Waals surface area (Å²) >= 11 is 0. The second-order valence-electron chi connectivity index (χ2n) is 7.87. The van der Waals surface area contributed by atoms with E-state index in [1.807, 2.05) is 11.7 Å². The second-order valence-corrected chi connectivity index (χ2v) is 7.87. The van der Waals surface area contributed by atoms with E-state index >= 15 is 0 Å². The zero-order valence-corrected chi connectivity index (χ0v) is 15.3. The van der Waals surface area contributed by atoms with Gasteiger partial charge < -0.3 is 4.90 Å². The van der Waals surface area contributed by atoms with Crippen molar-refractivity contribution in [3.63, 3.8) is 0 Å². The molecule has 3 aliphatic rings. The van der Waals surface area contributed by atoms with E-state index in [2.05, 4.69) is 24.1 Å². The van der Waals surface area contributed by atoms with Crippen LogP contribution in [0.5, 0.6) is 0 Å². The Balaban J connectivity index is 1.75. The highest BCUT2D eigenvalue weighted by atomic mass is 16.2. The first-order valence-electron chi connectivity index (χ1n) is 9.73. The third-order valence-electron chi connectivity index (χ3n) is 6.23. The summed E-state index contributed by atoms with van der Waals surface area (Å²) in [4.78, 5) is 15.5. The van der Waals surface area contributed by atoms with Crippen molar-refractivity contribution in [3.8, 4) is 0 Å². The highest BCUT2D eigenvalue weighted by molar-refractivity contribution is 5.89. The number of hydrogen-bond donors (Lipinski definition) is 1. The van der Waals surface area contributed by atoms with Crippen LogP contribution in [0.1, 0.15) is 75.5 Å². The fraction of sp³-hybridized carbons (Fsp3) is 0.789. The summed E-state index contributed by atoms with van der Waals surface area (Å²) < 4.78 is 2.02. The fourth-order valence-electron chi connectivity index (χ4n) is 4.76. The van der Waals surface area contributed by atoms with E-state index in [9.17, 15) is 4.79 Å². The van der Waals surface area contributed by atoms with Crippen LogP contribution in [0.4, 0.5) is 0 Å². The molecule has 1 aromatic heterocycles. The van der Waals surface area contributed by atoms with Gasteiger partial charge in [-0.2, -0.15) is 5.10 Å². The van der Waals surface area contributed by atoms with Crippen molar-refractivity contribution in [1.29, 1.82) is 0 Å². The monoisotopic (exact) mass is 330 g/mol. The molecule has 1 N–H and O–H groups in total. The maximum absolute atomic E-state index is 13.3. The lowest BCUT2D eigenvalue weighted by Gasteiger charge is -2.25. The third kappa shape index (κ3) is 2.40. The topological polar surface area (TPSA) is 50.2 Å². The Morgan fingerprint density at radius 1 is 1.21 bits per heavy atom. The van der Waals surface area contributed by atoms with Gasteiger partial charge in [0.25, 0.3) is 0 Å². The summed E-state index contributed by atoms with van der Waals surface area (Å²) in [5.41, 5.74) is 3.40. The van der Waals surface area contributed by atoms with Crippen molar-refractivity contribution in [2.24, 2.45) is 13.0 Å². The van der Waals surface area contributed by atoms with E-state index < -0.39 is 0 Å². The van der Waals surface area contributed by atoms with Crippen LogP contribution < -0.4 is 5.32 Å². The maximum Gasteiger partial charge on any atom is 0.244 e. The first kappa shape index (κ1) is 16.1. The normalized spacial score (nSPS) is 26.0. The second kappa shape index (κ2) is 5.87. The molecule has 5 nitrogen and oxygen atoms in total. The molecule has 2 heterocycles. The van der Waals surface area contributed by atoms with Crippen LogP contribution in [0.25, 0.3) is 0 Å². The molecule has 1 atom stereocenters. The Morgan fingerprint density at radius 3 is 2.50 bits per heavy atom. The number of nitrogens with zero attached hydrogens (tertiary/aromatic N) is 3. The van der Waals surface area contributed by atoms with Gasteiger partial charge in [0, 0.05) is 24.8 Å². The molecule has 2 aliphatic carbocycles. The number of aromatic nitrogens is 2. The average molecular weight is 330 g/mol. The van der Waals surface area contributed by atoms with Crippen molar-refractivity contribution in [3.05, 3.63) is 17.0 Å². The lowest BCUT2D eigenvalue weighted by atomic mass is 9.98. The molecular weight excluding hydrogens is 300 g/mol. The molecule has 5 heteroatoms. The van der Waals surface area contributed by atoms with Gasteiger partial charge in [0.05, 0.1) is 11.2 Å². The van der Waals surface area contributed by atoms with Crippen LogP contribution in [0.15, 0.2) is 0 Å². The minimum atomic E-state index is -0.300. The molecular formula is C19H30N4O. The molecule has 0 bridgehead atoms. The molecule has 2 saturated carbocycles. The number of rotatable bonds is 5. The van der Waals surface area contributed by atoms with Crippen LogP contribution in [0.3, 0.4) is 0 Å². The molecule has 1 spiro atoms. The maximum atomic E-state index is 13.3. The molecule has 3 fully saturated rings. The van der Waals surface area contributed by atoms with E-state index in [1.54, 1.807) is 0 Å². The van der Waals surface area contributed by atoms with Crippen molar-refractivity contribution in [2.75, 3.05) is 6.54 Å². The smallest absolute Gasteiger partial charge is 0.244 e. The molecule has 1 amide bonds. The predicted molar refractivity (Wildman–Crippen MR) is 93.5 cm³/mol. The van der Waals surface area contributed by atoms with Gasteiger partial charge in [0.1, 0.15) is 6.17 Å². The first-order chi connectivity index (χ1) is 11.6. The summed E-state index contributed by atoms with van der Waals surface area (Å²) in [6.07, 6.45) is 8.76. The molecule has 24 heavy (non-hydrogen) atoms. The van der Waals surface area contributed by atoms with Gasteiger partial charge in [-0.3, -0.25) is 14.8 Å². The van der Waals surface area contributed by atoms with Gasteiger partial charge in [0.2, 0.25) is 5.91 Å². The number of carbonyl (C=O) groups excluding carboxylic acids is 1. The Morgan fingerprint density at radius 2 is 1.92 bits per heavy atom. The molecule has 4 rings (SSSR count). The summed E-state index contributed by atoms with van der Waals surface area (Å²) in [6, 6.07) is 0. The van der Waals surface area contributed by atoms with Crippen molar-refractivity contribution in [1.82, 2.24) is 20.0 Å². The molecule has 0 aromatic carbocycles. The third-order valence-corrected chi connectivity index (χ3v) is 6.23. The first-order valence-corrected chi connectivity index (χ1v) is 9.73. The number of carbonyl (C=O) groups is 1. The Hall–Kier alpha value is -1.36. The van der Waals surface area contributed by atoms with Gasteiger partial charge >= 0.3 is 0 Å². The van der Waals surface area contributed by atoms with E-state index in [0.29, 0.717) is 11.8 Å². The van der Waals surface area contributed by atoms with E-state index in [4.69, 9.17) is 5.10 Å². The molecule has 1 aliphatic heterocycles. The van der Waals surface area contributed by atoms with Crippen LogP contribution in [-0.2, 0) is 24.7 Å². The minimum Gasteiger partial charge on any atom is -0.321 e. The van der Waals surface area contributed by atoms with Gasteiger partial charge in [-0.1, -0.05) is 26.7 Å². The largest absolute Gasteiger partial charge is 0.321 e. The Bertz CT molecular complexity index is 640. The standard InChI is InChI=1S/C19H30N4O/c1-4-14-16(15(5-2)22(3)21-14)17-20-19(10-6-7-11-19)18(24)23(17)12-13-8-9-13/h13,17,20H,4-12H2,1-3H3. The number of hydrogen-bond acceptors (Lipinski definition) is 3. The van der Waals surface area contributed by atoms with Crippen LogP contribution in [0, 0.1) is 5.92 Å². The van der Waals surface area contributed by atoms with Gasteiger partial charge in [-0.25, -0.2) is 0 Å². The lowest BCUT2D eigenvalue weighted by molar-refractivity contribution is -0.133. The minimum absolute atomic E-state index is 0.0230. The zero-order chi connectivity index (χ0) is 16.9. The summed E-state index contributed by atoms with van der Waals surface area (Å²) in [5.74, 6) is 1.06. The van der Waals surface area contributed by atoms with E-state index in [0.717, 1.165) is 50.8 Å². The van der Waals surface area contributed by atoms with Gasteiger partial charge in [0.15, 0.2) is 0 Å². The molecule has 132 valence electrons. The van der Waals surface area contributed by atoms with Crippen molar-refractivity contribution >= 4 is 5.91 Å². The number of aryl methyl sites for hydroxylation is 2. The molecule has 1 aromatic rings. The Labute approximate surface area is 144 Å². The van der Waals surface area contributed by atoms with Crippen molar-refractivity contribution < 1.29 is 4.79 Å². The molecule has 0 radical (unpaired) electrons. The SMILES string of the molecule is CCc1nn(C)c(CC)c1C1NC2(CCCC2)C(=O)N1CC1CC1. The lowest BCUT2D eigenvalue weighted by Crippen LogP contribution is -2.44.